The fourth-order valence-corrected chi connectivity index (χ4v) is 2.63. The number of nitrogens with zero attached hydrogens (tertiary/aromatic N) is 1. The minimum Gasteiger partial charge on any atom is -0.469 e. The average molecular weight is 276 g/mol. The van der Waals surface area contributed by atoms with Gasteiger partial charge in [0.15, 0.2) is 0 Å². The molecule has 2 rings (SSSR count). The largest absolute Gasteiger partial charge is 0.469 e. The lowest BCUT2D eigenvalue weighted by Gasteiger charge is -2.31. The number of anilines is 1. The number of nitrogen functional groups attached to an aromatic ring is 1. The van der Waals surface area contributed by atoms with Crippen molar-refractivity contribution in [2.45, 2.75) is 19.8 Å². The fourth-order valence-electron chi connectivity index (χ4n) is 2.63. The number of nitrogens with two attached hydrogens (primary N) is 1. The van der Waals surface area contributed by atoms with E-state index >= 15 is 0 Å². The number of hydrogen-bond acceptors (Lipinski definition) is 4. The molecule has 1 aliphatic rings. The molecule has 0 bridgehead atoms. The Morgan fingerprint density at radius 1 is 1.30 bits per heavy atom. The van der Waals surface area contributed by atoms with Gasteiger partial charge in [0.05, 0.1) is 18.6 Å². The lowest BCUT2D eigenvalue weighted by atomic mass is 9.96. The summed E-state index contributed by atoms with van der Waals surface area (Å²) in [6, 6.07) is 5.46. The second kappa shape index (κ2) is 5.94. The molecule has 1 fully saturated rings. The van der Waals surface area contributed by atoms with Gasteiger partial charge in [-0.3, -0.25) is 9.59 Å². The number of rotatable bonds is 2. The molecule has 0 aliphatic carbocycles. The van der Waals surface area contributed by atoms with Crippen molar-refractivity contribution < 1.29 is 14.3 Å². The molecular weight excluding hydrogens is 256 g/mol. The van der Waals surface area contributed by atoms with Crippen molar-refractivity contribution in [1.82, 2.24) is 4.90 Å². The molecule has 0 saturated carbocycles. The zero-order valence-electron chi connectivity index (χ0n) is 11.9. The summed E-state index contributed by atoms with van der Waals surface area (Å²) in [6.45, 7) is 3.00. The molecule has 1 aromatic carbocycles. The summed E-state index contributed by atoms with van der Waals surface area (Å²) in [5, 5.41) is 0. The summed E-state index contributed by atoms with van der Waals surface area (Å²) in [5.41, 5.74) is 7.86. The van der Waals surface area contributed by atoms with Crippen molar-refractivity contribution >= 4 is 17.6 Å². The first-order valence-electron chi connectivity index (χ1n) is 6.76. The van der Waals surface area contributed by atoms with Crippen LogP contribution in [0.4, 0.5) is 5.69 Å². The first-order valence-corrected chi connectivity index (χ1v) is 6.76. The van der Waals surface area contributed by atoms with Crippen LogP contribution in [0.5, 0.6) is 0 Å². The Morgan fingerprint density at radius 2 is 1.95 bits per heavy atom. The SMILES string of the molecule is COC(=O)C1CCN(C(=O)c2c(C)cccc2N)CC1. The molecule has 108 valence electrons. The summed E-state index contributed by atoms with van der Waals surface area (Å²) < 4.78 is 4.75. The first kappa shape index (κ1) is 14.4. The van der Waals surface area contributed by atoms with E-state index in [1.807, 2.05) is 19.1 Å². The highest BCUT2D eigenvalue weighted by atomic mass is 16.5. The second-order valence-electron chi connectivity index (χ2n) is 5.13. The van der Waals surface area contributed by atoms with Gasteiger partial charge in [0.2, 0.25) is 0 Å². The Labute approximate surface area is 118 Å². The average Bonchev–Trinajstić information content (AvgIpc) is 2.46. The third kappa shape index (κ3) is 2.76. The lowest BCUT2D eigenvalue weighted by molar-refractivity contribution is -0.146. The van der Waals surface area contributed by atoms with Crippen molar-refractivity contribution in [3.8, 4) is 0 Å². The van der Waals surface area contributed by atoms with Crippen LogP contribution in [0.15, 0.2) is 18.2 Å². The number of likely N-dealkylation sites (tertiary alicyclic amines) is 1. The quantitative estimate of drug-likeness (QED) is 0.658. The summed E-state index contributed by atoms with van der Waals surface area (Å²) in [5.74, 6) is -0.338. The van der Waals surface area contributed by atoms with Gasteiger partial charge in [-0.2, -0.15) is 0 Å². The summed E-state index contributed by atoms with van der Waals surface area (Å²) in [4.78, 5) is 25.8. The Bertz CT molecular complexity index is 500. The van der Waals surface area contributed by atoms with E-state index in [9.17, 15) is 9.59 Å². The molecule has 0 atom stereocenters. The van der Waals surface area contributed by atoms with E-state index in [-0.39, 0.29) is 17.8 Å². The maximum absolute atomic E-state index is 12.5. The smallest absolute Gasteiger partial charge is 0.308 e. The number of hydrogen-bond donors (Lipinski definition) is 1. The van der Waals surface area contributed by atoms with Crippen LogP contribution in [0.1, 0.15) is 28.8 Å². The summed E-state index contributed by atoms with van der Waals surface area (Å²) >= 11 is 0. The van der Waals surface area contributed by atoms with Gasteiger partial charge >= 0.3 is 5.97 Å². The molecule has 1 amide bonds. The number of piperidine rings is 1. The normalized spacial score (nSPS) is 16.0. The third-order valence-corrected chi connectivity index (χ3v) is 3.84. The van der Waals surface area contributed by atoms with Gasteiger partial charge in [0, 0.05) is 18.8 Å². The molecule has 20 heavy (non-hydrogen) atoms. The minimum absolute atomic E-state index is 0.0519. The van der Waals surface area contributed by atoms with Crippen LogP contribution in [0.3, 0.4) is 0 Å². The second-order valence-corrected chi connectivity index (χ2v) is 5.13. The van der Waals surface area contributed by atoms with Crippen LogP contribution >= 0.6 is 0 Å². The first-order chi connectivity index (χ1) is 9.54. The van der Waals surface area contributed by atoms with Gasteiger partial charge in [0.1, 0.15) is 0 Å². The third-order valence-electron chi connectivity index (χ3n) is 3.84. The van der Waals surface area contributed by atoms with Crippen molar-refractivity contribution in [2.75, 3.05) is 25.9 Å². The van der Waals surface area contributed by atoms with Crippen LogP contribution in [0, 0.1) is 12.8 Å². The Hall–Kier alpha value is -2.04. The highest BCUT2D eigenvalue weighted by Gasteiger charge is 2.29. The predicted molar refractivity (Wildman–Crippen MR) is 76.2 cm³/mol. The molecule has 5 nitrogen and oxygen atoms in total. The molecule has 1 aliphatic heterocycles. The van der Waals surface area contributed by atoms with Crippen molar-refractivity contribution in [3.05, 3.63) is 29.3 Å². The van der Waals surface area contributed by atoms with Gasteiger partial charge in [-0.25, -0.2) is 0 Å². The maximum Gasteiger partial charge on any atom is 0.308 e. The molecule has 1 saturated heterocycles. The Balaban J connectivity index is 2.07. The topological polar surface area (TPSA) is 72.6 Å². The van der Waals surface area contributed by atoms with E-state index in [4.69, 9.17) is 10.5 Å². The highest BCUT2D eigenvalue weighted by Crippen LogP contribution is 2.23. The van der Waals surface area contributed by atoms with Gasteiger partial charge in [-0.1, -0.05) is 12.1 Å². The maximum atomic E-state index is 12.5. The number of benzene rings is 1. The van der Waals surface area contributed by atoms with E-state index in [0.717, 1.165) is 5.56 Å². The molecule has 5 heteroatoms. The number of ether oxygens (including phenoxy) is 1. The van der Waals surface area contributed by atoms with E-state index in [2.05, 4.69) is 0 Å². The number of carbonyl (C=O) groups is 2. The van der Waals surface area contributed by atoms with Crippen LogP contribution in [0.25, 0.3) is 0 Å². The number of esters is 1. The number of amides is 1. The Morgan fingerprint density at radius 3 is 2.50 bits per heavy atom. The summed E-state index contributed by atoms with van der Waals surface area (Å²) in [6.07, 6.45) is 1.29. The van der Waals surface area contributed by atoms with Crippen molar-refractivity contribution in [3.63, 3.8) is 0 Å². The molecular formula is C15H20N2O3. The van der Waals surface area contributed by atoms with Gasteiger partial charge in [-0.05, 0) is 31.4 Å². The standard InChI is InChI=1S/C15H20N2O3/c1-10-4-3-5-12(16)13(10)14(18)17-8-6-11(7-9-17)15(19)20-2/h3-5,11H,6-9,16H2,1-2H3. The van der Waals surface area contributed by atoms with Gasteiger partial charge < -0.3 is 15.4 Å². The van der Waals surface area contributed by atoms with Crippen molar-refractivity contribution in [2.24, 2.45) is 5.92 Å². The van der Waals surface area contributed by atoms with Crippen LogP contribution in [0.2, 0.25) is 0 Å². The van der Waals surface area contributed by atoms with E-state index in [1.165, 1.54) is 7.11 Å². The monoisotopic (exact) mass is 276 g/mol. The molecule has 1 aromatic rings. The molecule has 0 spiro atoms. The van der Waals surface area contributed by atoms with Gasteiger partial charge in [-0.15, -0.1) is 0 Å². The fraction of sp³-hybridized carbons (Fsp3) is 0.467. The van der Waals surface area contributed by atoms with Crippen LogP contribution in [-0.4, -0.2) is 37.0 Å². The van der Waals surface area contributed by atoms with E-state index < -0.39 is 0 Å². The molecule has 0 aromatic heterocycles. The number of methoxy groups -OCH3 is 1. The van der Waals surface area contributed by atoms with Crippen LogP contribution < -0.4 is 5.73 Å². The zero-order chi connectivity index (χ0) is 14.7. The van der Waals surface area contributed by atoms with Gasteiger partial charge in [0.25, 0.3) is 5.91 Å². The molecule has 0 unspecified atom stereocenters. The van der Waals surface area contributed by atoms with E-state index in [0.29, 0.717) is 37.2 Å². The zero-order valence-corrected chi connectivity index (χ0v) is 11.9. The highest BCUT2D eigenvalue weighted by molar-refractivity contribution is 6.00. The summed E-state index contributed by atoms with van der Waals surface area (Å²) in [7, 11) is 1.40. The van der Waals surface area contributed by atoms with Crippen molar-refractivity contribution in [1.29, 1.82) is 0 Å². The minimum atomic E-state index is -0.187. The van der Waals surface area contributed by atoms with Crippen LogP contribution in [-0.2, 0) is 9.53 Å². The Kier molecular flexibility index (Phi) is 4.27. The lowest BCUT2D eigenvalue weighted by Crippen LogP contribution is -2.41. The molecule has 0 radical (unpaired) electrons. The van der Waals surface area contributed by atoms with E-state index in [1.54, 1.807) is 11.0 Å². The number of carbonyl (C=O) groups excluding carboxylic acids is 2. The molecule has 2 N–H and O–H groups in total. The predicted octanol–water partition coefficient (Wildman–Crippen LogP) is 1.60. The molecule has 1 heterocycles. The number of aryl methyl sites for hydroxylation is 1.